The molecule has 0 saturated heterocycles. The summed E-state index contributed by atoms with van der Waals surface area (Å²) in [5, 5.41) is 21.8. The lowest BCUT2D eigenvalue weighted by molar-refractivity contribution is 1.17. The van der Waals surface area contributed by atoms with E-state index < -0.39 is 24.2 Å². The minimum atomic E-state index is -3.10. The Morgan fingerprint density at radius 1 is 0.205 bits per heavy atom. The summed E-state index contributed by atoms with van der Waals surface area (Å²) in [5.41, 5.74) is 7.05. The van der Waals surface area contributed by atoms with Gasteiger partial charge in [-0.3, -0.25) is 0 Å². The van der Waals surface area contributed by atoms with Crippen LogP contribution in [0.1, 0.15) is 0 Å². The molecule has 390 valence electrons. The van der Waals surface area contributed by atoms with Gasteiger partial charge in [-0.1, -0.05) is 291 Å². The van der Waals surface area contributed by atoms with Crippen LogP contribution in [0.2, 0.25) is 0 Å². The highest BCUT2D eigenvalue weighted by Crippen LogP contribution is 2.37. The number of hydrogen-bond acceptors (Lipinski definition) is 0. The molecule has 0 N–H and O–H groups in total. The van der Waals surface area contributed by atoms with Gasteiger partial charge in [-0.15, -0.1) is 0 Å². The van der Waals surface area contributed by atoms with E-state index in [2.05, 4.69) is 349 Å². The first-order valence-corrected chi connectivity index (χ1v) is 34.9. The molecule has 0 saturated carbocycles. The van der Waals surface area contributed by atoms with Gasteiger partial charge in [-0.05, 0) is 111 Å². The van der Waals surface area contributed by atoms with E-state index in [0.717, 1.165) is 11.4 Å². The predicted octanol–water partition coefficient (Wildman–Crippen LogP) is 10.3. The van der Waals surface area contributed by atoms with Gasteiger partial charge in [0.25, 0.3) is 0 Å². The molecule has 0 radical (unpaired) electrons. The van der Waals surface area contributed by atoms with E-state index in [0.29, 0.717) is 0 Å². The van der Waals surface area contributed by atoms with Crippen LogP contribution in [0.5, 0.6) is 0 Å². The van der Waals surface area contributed by atoms with E-state index in [9.17, 15) is 0 Å². The molecule has 1 aliphatic heterocycles. The zero-order valence-electron chi connectivity index (χ0n) is 45.7. The molecule has 15 aromatic rings. The quantitative estimate of drug-likeness (QED) is 0.0954. The van der Waals surface area contributed by atoms with Crippen molar-refractivity contribution in [2.24, 2.45) is 0 Å². The fourth-order valence-corrected chi connectivity index (χ4v) is 31.9. The van der Waals surface area contributed by atoms with Gasteiger partial charge < -0.3 is 9.13 Å². The van der Waals surface area contributed by atoms with Crippen molar-refractivity contribution in [1.29, 1.82) is 0 Å². The minimum Gasteiger partial charge on any atom is -0.309 e. The van der Waals surface area contributed by atoms with Crippen LogP contribution in [-0.2, 0) is 0 Å². The van der Waals surface area contributed by atoms with Gasteiger partial charge in [-0.25, -0.2) is 0 Å². The van der Waals surface area contributed by atoms with Crippen molar-refractivity contribution < 1.29 is 0 Å². The maximum atomic E-state index is 2.60. The number of benzene rings is 13. The predicted molar refractivity (Wildman–Crippen MR) is 360 cm³/mol. The van der Waals surface area contributed by atoms with Gasteiger partial charge in [-0.2, -0.15) is 0 Å². The highest BCUT2D eigenvalue weighted by Gasteiger charge is 2.56. The van der Waals surface area contributed by atoms with Crippen molar-refractivity contribution in [1.82, 2.24) is 9.13 Å². The topological polar surface area (TPSA) is 9.86 Å². The second kappa shape index (κ2) is 19.7. The van der Waals surface area contributed by atoms with Crippen molar-refractivity contribution >= 4 is 130 Å². The fraction of sp³-hybridized carbons (Fsp3) is 0. The Morgan fingerprint density at radius 3 is 1.04 bits per heavy atom. The second-order valence-corrected chi connectivity index (χ2v) is 33.5. The maximum absolute atomic E-state index is 3.10. The Morgan fingerprint density at radius 2 is 0.554 bits per heavy atom. The number of nitrogens with zero attached hydrogens (tertiary/aromatic N) is 2. The molecule has 0 fully saturated rings. The number of aromatic nitrogens is 2. The Balaban J connectivity index is 0.931. The van der Waals surface area contributed by atoms with Crippen LogP contribution in [0.3, 0.4) is 0 Å². The molecule has 0 aliphatic carbocycles. The van der Waals surface area contributed by atoms with Crippen LogP contribution in [0.4, 0.5) is 0 Å². The van der Waals surface area contributed by atoms with Crippen molar-refractivity contribution in [2.45, 2.75) is 0 Å². The fourth-order valence-electron chi connectivity index (χ4n) is 15.0. The zero-order chi connectivity index (χ0) is 55.0. The minimum absolute atomic E-state index is 1.14. The van der Waals surface area contributed by atoms with Crippen LogP contribution in [0.25, 0.3) is 55.0 Å². The van der Waals surface area contributed by atoms with Gasteiger partial charge in [0.1, 0.15) is 0 Å². The summed E-state index contributed by atoms with van der Waals surface area (Å²) in [4.78, 5) is 0. The monoisotopic (exact) mass is 1100 g/mol. The van der Waals surface area contributed by atoms with E-state index in [1.807, 2.05) is 0 Å². The van der Waals surface area contributed by atoms with Crippen molar-refractivity contribution in [3.63, 3.8) is 0 Å². The first-order valence-electron chi connectivity index (χ1n) is 28.9. The molecule has 5 heteroatoms. The Labute approximate surface area is 487 Å². The molecule has 0 spiro atoms. The summed E-state index contributed by atoms with van der Waals surface area (Å²) in [6.45, 7) is 0. The number of fused-ring (bicyclic) bond motifs is 8. The van der Waals surface area contributed by atoms with Crippen LogP contribution < -0.4 is 62.2 Å². The maximum Gasteiger partial charge on any atom is 0.179 e. The number of rotatable bonds is 10. The highest BCUT2D eigenvalue weighted by atomic mass is 28.3. The van der Waals surface area contributed by atoms with Crippen LogP contribution in [-0.4, -0.2) is 33.4 Å². The van der Waals surface area contributed by atoms with Gasteiger partial charge in [0.2, 0.25) is 0 Å². The van der Waals surface area contributed by atoms with Crippen LogP contribution in [0, 0.1) is 0 Å². The van der Waals surface area contributed by atoms with Gasteiger partial charge in [0.05, 0.1) is 22.1 Å². The molecular formula is C78H56N2Si3. The lowest BCUT2D eigenvalue weighted by Crippen LogP contribution is -2.93. The number of hydrogen-bond donors (Lipinski definition) is 0. The third kappa shape index (κ3) is 7.19. The lowest BCUT2D eigenvalue weighted by Gasteiger charge is -2.48. The smallest absolute Gasteiger partial charge is 0.179 e. The third-order valence-electron chi connectivity index (χ3n) is 18.3. The first-order chi connectivity index (χ1) is 41.2. The molecule has 0 amide bonds. The van der Waals surface area contributed by atoms with Crippen molar-refractivity contribution in [3.8, 4) is 11.4 Å². The number of para-hydroxylation sites is 2. The molecule has 1 aliphatic rings. The Kier molecular flexibility index (Phi) is 11.6. The summed E-state index contributed by atoms with van der Waals surface area (Å²) < 4.78 is 5.06. The molecule has 83 heavy (non-hydrogen) atoms. The standard InChI is InChI=1S/C78H56N2Si3/c1-7-29-59(30-8-1)81(60-31-9-2-10-32-60,61-33-11-3-12-34-61)65-41-27-28-57(54-65)79-72-45-22-20-43-68(72)70-55-58(50-53-73(70)79)80-71-44-21-19-42-67(71)69-52-51-66(56-74(69)80)83(64-39-17-6-18-40-64)77-48-25-23-46-75(77)82(62-35-13-4-14-36-62,63-37-15-5-16-38-63)76-47-24-26-49-78(76)83/h1-56H. The molecule has 13 aromatic carbocycles. The molecule has 0 bridgehead atoms. The van der Waals surface area contributed by atoms with Crippen molar-refractivity contribution in [3.05, 3.63) is 340 Å². The zero-order valence-corrected chi connectivity index (χ0v) is 48.7. The highest BCUT2D eigenvalue weighted by molar-refractivity contribution is 7.33. The molecule has 2 aromatic heterocycles. The third-order valence-corrected chi connectivity index (χ3v) is 33.3. The molecule has 0 unspecified atom stereocenters. The van der Waals surface area contributed by atoms with Gasteiger partial charge >= 0.3 is 0 Å². The second-order valence-electron chi connectivity index (χ2n) is 22.2. The summed E-state index contributed by atoms with van der Waals surface area (Å²) in [6.07, 6.45) is 0. The molecule has 3 heterocycles. The van der Waals surface area contributed by atoms with E-state index in [1.165, 1.54) is 106 Å². The molecule has 16 rings (SSSR count). The largest absolute Gasteiger partial charge is 0.309 e. The summed E-state index contributed by atoms with van der Waals surface area (Å²) >= 11 is 0. The van der Waals surface area contributed by atoms with E-state index in [4.69, 9.17) is 0 Å². The SMILES string of the molecule is c1ccc([Si](c2ccccc2)(c2ccccc2)c2cccc(-n3c4ccccc4c4cc(-n5c6ccccc6c6ccc([Si]7(c8ccccc8)c8ccccc8[Si](c8ccccc8)(c8ccccc8)c8ccccc87)cc65)ccc43)c2)cc1. The summed E-state index contributed by atoms with van der Waals surface area (Å²) in [7, 11) is -8.78. The summed E-state index contributed by atoms with van der Waals surface area (Å²) in [6, 6.07) is 130. The summed E-state index contributed by atoms with van der Waals surface area (Å²) in [5.74, 6) is 0. The van der Waals surface area contributed by atoms with E-state index in [-0.39, 0.29) is 0 Å². The Hall–Kier alpha value is -9.89. The van der Waals surface area contributed by atoms with Crippen LogP contribution >= 0.6 is 0 Å². The van der Waals surface area contributed by atoms with Crippen molar-refractivity contribution in [2.75, 3.05) is 0 Å². The van der Waals surface area contributed by atoms with Crippen LogP contribution in [0.15, 0.2) is 340 Å². The van der Waals surface area contributed by atoms with E-state index >= 15 is 0 Å². The van der Waals surface area contributed by atoms with E-state index in [1.54, 1.807) is 0 Å². The van der Waals surface area contributed by atoms with Gasteiger partial charge in [0, 0.05) is 32.9 Å². The normalized spacial score (nSPS) is 13.5. The Bertz CT molecular complexity index is 4720. The average molecular weight is 1110 g/mol. The molecule has 2 nitrogen and oxygen atoms in total. The average Bonchev–Trinajstić information content (AvgIpc) is 1.45. The lowest BCUT2D eigenvalue weighted by atomic mass is 10.1. The first kappa shape index (κ1) is 49.0. The molecule has 0 atom stereocenters. The molecular weight excluding hydrogens is 1050 g/mol. The van der Waals surface area contributed by atoms with Gasteiger partial charge in [0.15, 0.2) is 24.2 Å².